The Bertz CT molecular complexity index is 4260. The largest absolute Gasteiger partial charge is 0.496 e. The molecule has 30 heteroatoms. The Morgan fingerprint density at radius 1 is 0.390 bits per heavy atom. The fourth-order valence-corrected chi connectivity index (χ4v) is 12.4. The molecule has 0 radical (unpaired) electrons. The van der Waals surface area contributed by atoms with Crippen LogP contribution in [0.1, 0.15) is 112 Å². The summed E-state index contributed by atoms with van der Waals surface area (Å²) in [4.78, 5) is 33.7. The van der Waals surface area contributed by atoms with Gasteiger partial charge >= 0.3 is 49.0 Å². The minimum Gasteiger partial charge on any atom is -0.496 e. The van der Waals surface area contributed by atoms with Gasteiger partial charge in [-0.1, -0.05) is 46.7 Å². The van der Waals surface area contributed by atoms with Crippen LogP contribution in [0, 0.1) is 25.7 Å². The molecule has 0 aliphatic carbocycles. The predicted octanol–water partition coefficient (Wildman–Crippen LogP) is 19.8. The molecule has 4 heterocycles. The van der Waals surface area contributed by atoms with E-state index in [0.717, 1.165) is 24.3 Å². The van der Waals surface area contributed by atoms with Gasteiger partial charge in [0, 0.05) is 11.1 Å². The topological polar surface area (TPSA) is 155 Å². The van der Waals surface area contributed by atoms with E-state index in [1.807, 2.05) is 0 Å². The molecule has 0 bridgehead atoms. The second-order valence-electron chi connectivity index (χ2n) is 23.5. The summed E-state index contributed by atoms with van der Waals surface area (Å²) in [6, 6.07) is 26.5. The third-order valence-corrected chi connectivity index (χ3v) is 17.2. The number of fused-ring (bicyclic) bond motifs is 2. The monoisotopic (exact) mass is 1420 g/mol. The van der Waals surface area contributed by atoms with Gasteiger partial charge in [0.2, 0.25) is 0 Å². The van der Waals surface area contributed by atoms with Crippen LogP contribution >= 0.6 is 0 Å². The number of aromatic carboxylic acids is 2. The van der Waals surface area contributed by atoms with Gasteiger partial charge in [-0.15, -0.1) is 0 Å². The molecule has 0 saturated carbocycles. The zero-order valence-electron chi connectivity index (χ0n) is 51.6. The SMILES string of the molecule is COc1ccc(-c2ccc(C(=O)O)cc2C)cc1-c1ccc(C(F)(F)F)cc1[C@@H]1OC[C@@H]2C1=NO[C@@H]2c1cc(C(F)(F)F)cc(C(F)(F)F)c1.COc1ccc(-c2ccc(C(=O)O)cc2C)cc1-c1ccc(C(F)(F)F)cc1[C@H]1OC[C@H]2C1=NO[C@H]2c1cc(C(F)(F)F)cc(C(F)(F)F)c1. The molecule has 4 aliphatic heterocycles. The van der Waals surface area contributed by atoms with E-state index in [4.69, 9.17) is 28.6 Å². The lowest BCUT2D eigenvalue weighted by Crippen LogP contribution is -2.19. The molecule has 12 rings (SSSR count). The van der Waals surface area contributed by atoms with Crippen LogP contribution in [-0.4, -0.2) is 61.0 Å². The Labute approximate surface area is 553 Å². The lowest BCUT2D eigenvalue weighted by atomic mass is 9.86. The van der Waals surface area contributed by atoms with Crippen molar-refractivity contribution in [1.29, 1.82) is 0 Å². The molecule has 12 nitrogen and oxygen atoms in total. The number of rotatable bonds is 12. The van der Waals surface area contributed by atoms with Crippen molar-refractivity contribution < 1.29 is 127 Å². The Balaban J connectivity index is 0.000000202. The summed E-state index contributed by atoms with van der Waals surface area (Å²) < 4.78 is 270. The summed E-state index contributed by atoms with van der Waals surface area (Å²) in [6.07, 6.45) is -35.7. The average Bonchev–Trinajstić information content (AvgIpc) is 1.55. The van der Waals surface area contributed by atoms with Gasteiger partial charge in [0.05, 0.1) is 83.8 Å². The van der Waals surface area contributed by atoms with Crippen molar-refractivity contribution in [2.45, 2.75) is 75.3 Å². The molecule has 8 aromatic carbocycles. The van der Waals surface area contributed by atoms with Gasteiger partial charge in [0.15, 0.2) is 12.2 Å². The predicted molar refractivity (Wildman–Crippen MR) is 321 cm³/mol. The first-order valence-corrected chi connectivity index (χ1v) is 29.5. The van der Waals surface area contributed by atoms with E-state index in [1.165, 1.54) is 50.6 Å². The van der Waals surface area contributed by atoms with Crippen molar-refractivity contribution >= 4 is 23.4 Å². The Kier molecular flexibility index (Phi) is 18.7. The van der Waals surface area contributed by atoms with Crippen molar-refractivity contribution in [3.8, 4) is 56.0 Å². The maximum absolute atomic E-state index is 14.0. The molecule has 6 atom stereocenters. The number of nitrogens with zero attached hydrogens (tertiary/aromatic N) is 2. The van der Waals surface area contributed by atoms with Gasteiger partial charge in [-0.05, 0) is 190 Å². The van der Waals surface area contributed by atoms with Crippen LogP contribution in [0.5, 0.6) is 11.5 Å². The molecule has 0 spiro atoms. The number of methoxy groups -OCH3 is 2. The molecule has 2 fully saturated rings. The molecule has 524 valence electrons. The summed E-state index contributed by atoms with van der Waals surface area (Å²) in [5.41, 5.74) is -4.75. The Morgan fingerprint density at radius 3 is 1.00 bits per heavy atom. The van der Waals surface area contributed by atoms with Gasteiger partial charge < -0.3 is 38.8 Å². The highest BCUT2D eigenvalue weighted by Crippen LogP contribution is 2.53. The van der Waals surface area contributed by atoms with Gasteiger partial charge in [-0.25, -0.2) is 9.59 Å². The third-order valence-electron chi connectivity index (χ3n) is 17.2. The minimum atomic E-state index is -5.12. The molecule has 100 heavy (non-hydrogen) atoms. The number of halogens is 18. The number of benzene rings is 8. The van der Waals surface area contributed by atoms with Crippen LogP contribution in [0.4, 0.5) is 79.0 Å². The number of oxime groups is 2. The Hall–Kier alpha value is -10.1. The van der Waals surface area contributed by atoms with Crippen LogP contribution in [0.2, 0.25) is 0 Å². The van der Waals surface area contributed by atoms with Crippen molar-refractivity contribution in [3.05, 3.63) is 223 Å². The zero-order chi connectivity index (χ0) is 72.7. The number of aryl methyl sites for hydroxylation is 2. The number of hydrogen-bond donors (Lipinski definition) is 2. The first-order valence-electron chi connectivity index (χ1n) is 29.5. The third kappa shape index (κ3) is 14.2. The number of alkyl halides is 18. The number of carbonyl (C=O) groups is 2. The first kappa shape index (κ1) is 71.2. The number of carboxylic acid groups (broad SMARTS) is 2. The first-order chi connectivity index (χ1) is 46.7. The fourth-order valence-electron chi connectivity index (χ4n) is 12.4. The van der Waals surface area contributed by atoms with Crippen molar-refractivity contribution in [3.63, 3.8) is 0 Å². The second kappa shape index (κ2) is 26.2. The van der Waals surface area contributed by atoms with Crippen LogP contribution in [0.25, 0.3) is 44.5 Å². The highest BCUT2D eigenvalue weighted by molar-refractivity contribution is 5.98. The van der Waals surface area contributed by atoms with E-state index >= 15 is 0 Å². The number of carboxylic acids is 2. The normalized spacial score (nSPS) is 19.2. The van der Waals surface area contributed by atoms with E-state index < -0.39 is 130 Å². The van der Waals surface area contributed by atoms with Crippen molar-refractivity contribution in [2.75, 3.05) is 27.4 Å². The lowest BCUT2D eigenvalue weighted by Gasteiger charge is -2.20. The maximum Gasteiger partial charge on any atom is 0.416 e. The zero-order valence-corrected chi connectivity index (χ0v) is 51.6. The van der Waals surface area contributed by atoms with E-state index in [1.54, 1.807) is 62.4 Å². The van der Waals surface area contributed by atoms with Crippen LogP contribution in [0.3, 0.4) is 0 Å². The van der Waals surface area contributed by atoms with Gasteiger partial charge in [-0.3, -0.25) is 0 Å². The molecule has 0 amide bonds. The molecule has 8 aromatic rings. The summed E-state index contributed by atoms with van der Waals surface area (Å²) in [7, 11) is 2.70. The van der Waals surface area contributed by atoms with Gasteiger partial charge in [-0.2, -0.15) is 79.0 Å². The second-order valence-corrected chi connectivity index (χ2v) is 23.5. The van der Waals surface area contributed by atoms with E-state index in [2.05, 4.69) is 10.3 Å². The highest BCUT2D eigenvalue weighted by Gasteiger charge is 2.51. The lowest BCUT2D eigenvalue weighted by molar-refractivity contribution is -0.145. The quantitative estimate of drug-likeness (QED) is 0.113. The van der Waals surface area contributed by atoms with E-state index in [-0.39, 0.29) is 81.6 Å². The molecule has 4 aliphatic rings. The van der Waals surface area contributed by atoms with E-state index in [0.29, 0.717) is 68.8 Å². The van der Waals surface area contributed by atoms with Crippen molar-refractivity contribution in [2.24, 2.45) is 22.1 Å². The molecule has 2 saturated heterocycles. The minimum absolute atomic E-state index is 0.0169. The molecule has 2 N–H and O–H groups in total. The summed E-state index contributed by atoms with van der Waals surface area (Å²) in [5.74, 6) is -3.83. The van der Waals surface area contributed by atoms with E-state index in [9.17, 15) is 98.8 Å². The molecular formula is C70H48F18N2O10. The molecule has 0 aromatic heterocycles. The fraction of sp³-hybridized carbons (Fsp3) is 0.257. The molecular weight excluding hydrogens is 1370 g/mol. The molecule has 0 unspecified atom stereocenters. The number of hydrogen-bond acceptors (Lipinski definition) is 10. The Morgan fingerprint density at radius 2 is 0.710 bits per heavy atom. The highest BCUT2D eigenvalue weighted by atomic mass is 19.4. The average molecular weight is 1420 g/mol. The standard InChI is InChI=1S/2C35H24F9NO5/c2*1-16-9-18(32(46)47)3-6-23(16)17-4-8-28(48-2)25(12-17)24-7-5-20(33(36,37)38)14-26(24)31-29-27(15-49-31)30(50-45-29)19-10-21(34(39,40)41)13-22(11-19)35(42,43)44/h2*3-14,27,30-31H,15H2,1-2H3,(H,46,47)/t2*27-,30-,31+/m10/s1. The summed E-state index contributed by atoms with van der Waals surface area (Å²) >= 11 is 0. The smallest absolute Gasteiger partial charge is 0.416 e. The van der Waals surface area contributed by atoms with Crippen LogP contribution < -0.4 is 9.47 Å². The summed E-state index contributed by atoms with van der Waals surface area (Å²) in [6.45, 7) is 2.71. The van der Waals surface area contributed by atoms with Crippen LogP contribution in [0.15, 0.2) is 156 Å². The van der Waals surface area contributed by atoms with Crippen LogP contribution in [-0.2, 0) is 56.2 Å². The maximum atomic E-state index is 14.0. The van der Waals surface area contributed by atoms with Gasteiger partial charge in [0.25, 0.3) is 0 Å². The number of ether oxygens (including phenoxy) is 4. The van der Waals surface area contributed by atoms with Crippen molar-refractivity contribution in [1.82, 2.24) is 0 Å². The summed E-state index contributed by atoms with van der Waals surface area (Å²) in [5, 5.41) is 26.6. The van der Waals surface area contributed by atoms with Gasteiger partial charge in [0.1, 0.15) is 35.1 Å².